The van der Waals surface area contributed by atoms with E-state index in [2.05, 4.69) is 104 Å². The lowest BCUT2D eigenvalue weighted by Crippen LogP contribution is -2.46. The largest absolute Gasteiger partial charge is 0.472 e. The number of phosphoric ester groups is 1. The van der Waals surface area contributed by atoms with Crippen LogP contribution in [0, 0.1) is 0 Å². The van der Waals surface area contributed by atoms with Crippen molar-refractivity contribution in [1.29, 1.82) is 0 Å². The Balaban J connectivity index is 3.93. The number of likely N-dealkylation sites (N-methyl/N-ethyl adjacent to an activating group) is 1. The first-order valence-corrected chi connectivity index (χ1v) is 31.9. The lowest BCUT2D eigenvalue weighted by atomic mass is 10.0. The highest BCUT2D eigenvalue weighted by Gasteiger charge is 2.28. The van der Waals surface area contributed by atoms with Gasteiger partial charge in [-0.2, -0.15) is 0 Å². The second kappa shape index (κ2) is 54.5. The summed E-state index contributed by atoms with van der Waals surface area (Å²) in [5.74, 6) is -0.145. The van der Waals surface area contributed by atoms with Crippen molar-refractivity contribution in [3.63, 3.8) is 0 Å². The highest BCUT2D eigenvalue weighted by atomic mass is 31.2. The molecule has 1 amide bonds. The van der Waals surface area contributed by atoms with Crippen molar-refractivity contribution in [2.45, 2.75) is 276 Å². The van der Waals surface area contributed by atoms with E-state index in [9.17, 15) is 19.4 Å². The summed E-state index contributed by atoms with van der Waals surface area (Å²) in [5, 5.41) is 14.0. The number of rotatable bonds is 55. The van der Waals surface area contributed by atoms with Crippen molar-refractivity contribution in [2.24, 2.45) is 0 Å². The Morgan fingerprint density at radius 3 is 1.21 bits per heavy atom. The molecule has 0 radical (unpaired) electrons. The van der Waals surface area contributed by atoms with Crippen molar-refractivity contribution in [1.82, 2.24) is 5.32 Å². The second-order valence-electron chi connectivity index (χ2n) is 21.7. The number of amides is 1. The van der Waals surface area contributed by atoms with Crippen molar-refractivity contribution in [3.8, 4) is 0 Å². The van der Waals surface area contributed by atoms with Gasteiger partial charge in [0.05, 0.1) is 39.9 Å². The number of nitrogens with zero attached hydrogens (tertiary/aromatic N) is 1. The van der Waals surface area contributed by atoms with Crippen LogP contribution >= 0.6 is 7.82 Å². The van der Waals surface area contributed by atoms with Crippen LogP contribution in [0.4, 0.5) is 0 Å². The molecule has 0 fully saturated rings. The Morgan fingerprint density at radius 2 is 0.822 bits per heavy atom. The van der Waals surface area contributed by atoms with Crippen molar-refractivity contribution in [2.75, 3.05) is 40.9 Å². The predicted molar refractivity (Wildman–Crippen MR) is 318 cm³/mol. The van der Waals surface area contributed by atoms with Gasteiger partial charge in [0.2, 0.25) is 5.91 Å². The summed E-state index contributed by atoms with van der Waals surface area (Å²) in [6, 6.07) is -0.762. The minimum atomic E-state index is -4.32. The van der Waals surface area contributed by atoms with E-state index in [1.165, 1.54) is 154 Å². The van der Waals surface area contributed by atoms with E-state index >= 15 is 0 Å². The number of nitrogens with one attached hydrogen (secondary N) is 1. The number of hydrogen-bond acceptors (Lipinski definition) is 5. The van der Waals surface area contributed by atoms with Gasteiger partial charge in [0, 0.05) is 6.42 Å². The smallest absolute Gasteiger partial charge is 0.391 e. The molecule has 0 aliphatic rings. The van der Waals surface area contributed by atoms with E-state index in [4.69, 9.17) is 9.05 Å². The number of hydrogen-bond donors (Lipinski definition) is 3. The minimum Gasteiger partial charge on any atom is -0.391 e. The van der Waals surface area contributed by atoms with Gasteiger partial charge < -0.3 is 19.8 Å². The topological polar surface area (TPSA) is 105 Å². The van der Waals surface area contributed by atoms with E-state index in [0.29, 0.717) is 23.9 Å². The molecule has 3 atom stereocenters. The van der Waals surface area contributed by atoms with Crippen molar-refractivity contribution < 1.29 is 32.9 Å². The number of carbonyl (C=O) groups excluding carboxylic acids is 1. The average Bonchev–Trinajstić information content (AvgIpc) is 3.35. The van der Waals surface area contributed by atoms with E-state index in [0.717, 1.165) is 83.5 Å². The molecule has 0 bridgehead atoms. The van der Waals surface area contributed by atoms with Crippen molar-refractivity contribution >= 4 is 13.7 Å². The molecule has 0 aromatic carbocycles. The van der Waals surface area contributed by atoms with Crippen LogP contribution in [0.2, 0.25) is 0 Å². The highest BCUT2D eigenvalue weighted by Crippen LogP contribution is 2.43. The molecular weight excluding hydrogens is 924 g/mol. The zero-order valence-electron chi connectivity index (χ0n) is 48.4. The molecule has 3 unspecified atom stereocenters. The summed E-state index contributed by atoms with van der Waals surface area (Å²) in [4.78, 5) is 23.3. The van der Waals surface area contributed by atoms with Crippen molar-refractivity contribution in [3.05, 3.63) is 85.1 Å². The predicted octanol–water partition coefficient (Wildman–Crippen LogP) is 18.8. The maximum atomic E-state index is 13.0. The molecule has 0 aliphatic carbocycles. The number of aliphatic hydroxyl groups excluding tert-OH is 1. The second-order valence-corrected chi connectivity index (χ2v) is 23.2. The minimum absolute atomic E-state index is 0.0735. The monoisotopic (exact) mass is 1040 g/mol. The standard InChI is InChI=1S/C64H117N2O6P/c1-6-8-10-12-14-16-18-20-21-22-23-24-25-26-27-28-29-30-31-32-33-34-35-36-37-38-39-40-41-42-43-44-45-46-48-50-52-54-56-58-64(68)65-62(61-72-73(69,70)71-60-59-66(3,4)5)63(67)57-55-53-51-49-47-19-17-15-13-11-9-7-2/h8,10,14,16,20-21,23-24,26-27,29-30,32-33,62-63,67H,6-7,9,11-13,15,17-19,22,25,28,31,34-61H2,1-5H3,(H-,65,68,69,70)/p+1/b10-8-,16-14-,21-20-,24-23-,27-26-,30-29-,33-32-. The molecular formula is C64H118N2O6P+. The van der Waals surface area contributed by atoms with Gasteiger partial charge in [0.1, 0.15) is 13.2 Å². The zero-order chi connectivity index (χ0) is 53.5. The molecule has 0 aromatic rings. The molecule has 0 aliphatic heterocycles. The van der Waals surface area contributed by atoms with E-state index in [-0.39, 0.29) is 19.1 Å². The first-order valence-electron chi connectivity index (χ1n) is 30.5. The maximum Gasteiger partial charge on any atom is 0.472 e. The third kappa shape index (κ3) is 57.2. The van der Waals surface area contributed by atoms with Gasteiger partial charge >= 0.3 is 7.82 Å². The van der Waals surface area contributed by atoms with Gasteiger partial charge in [-0.1, -0.05) is 272 Å². The van der Waals surface area contributed by atoms with Crippen LogP contribution in [0.1, 0.15) is 264 Å². The fraction of sp³-hybridized carbons (Fsp3) is 0.766. The normalized spacial score (nSPS) is 14.5. The third-order valence-electron chi connectivity index (χ3n) is 13.4. The highest BCUT2D eigenvalue weighted by molar-refractivity contribution is 7.47. The molecule has 9 heteroatoms. The Labute approximate surface area is 452 Å². The summed E-state index contributed by atoms with van der Waals surface area (Å²) >= 11 is 0. The molecule has 0 rings (SSSR count). The van der Waals surface area contributed by atoms with Crippen LogP contribution < -0.4 is 5.32 Å². The molecule has 0 aromatic heterocycles. The van der Waals surface area contributed by atoms with E-state index in [1.54, 1.807) is 0 Å². The lowest BCUT2D eigenvalue weighted by molar-refractivity contribution is -0.870. The molecule has 73 heavy (non-hydrogen) atoms. The average molecular weight is 1040 g/mol. The molecule has 0 heterocycles. The Hall–Kier alpha value is -2.32. The molecule has 424 valence electrons. The van der Waals surface area contributed by atoms with Gasteiger partial charge in [0.15, 0.2) is 0 Å². The van der Waals surface area contributed by atoms with E-state index in [1.807, 2.05) is 21.1 Å². The lowest BCUT2D eigenvalue weighted by Gasteiger charge is -2.26. The van der Waals surface area contributed by atoms with Gasteiger partial charge in [0.25, 0.3) is 0 Å². The summed E-state index contributed by atoms with van der Waals surface area (Å²) < 4.78 is 23.7. The SMILES string of the molecule is CC/C=C\C/C=C\C/C=C\C/C=C\C/C=C\C/C=C\C/C=C\CCCCCCCCCCCCCCCCCCCC(=O)NC(COP(=O)(O)OCC[N+](C)(C)C)C(O)CCCCCCCCCCCCCC. The Kier molecular flexibility index (Phi) is 52.7. The van der Waals surface area contributed by atoms with Crippen LogP contribution in [0.5, 0.6) is 0 Å². The third-order valence-corrected chi connectivity index (χ3v) is 14.4. The first-order chi connectivity index (χ1) is 35.5. The van der Waals surface area contributed by atoms with Gasteiger partial charge in [-0.05, 0) is 70.6 Å². The number of allylic oxidation sites excluding steroid dienone is 14. The number of quaternary nitrogens is 1. The van der Waals surface area contributed by atoms with Crippen LogP contribution in [0.3, 0.4) is 0 Å². The van der Waals surface area contributed by atoms with Crippen LogP contribution in [-0.2, 0) is 18.4 Å². The Morgan fingerprint density at radius 1 is 0.479 bits per heavy atom. The number of unbranched alkanes of at least 4 members (excludes halogenated alkanes) is 28. The molecule has 0 saturated carbocycles. The number of aliphatic hydroxyl groups is 1. The fourth-order valence-electron chi connectivity index (χ4n) is 8.68. The number of phosphoric acid groups is 1. The fourth-order valence-corrected chi connectivity index (χ4v) is 9.41. The molecule has 0 spiro atoms. The van der Waals surface area contributed by atoms with Crippen LogP contribution in [0.15, 0.2) is 85.1 Å². The summed E-state index contributed by atoms with van der Waals surface area (Å²) in [6.45, 7) is 4.77. The summed E-state index contributed by atoms with van der Waals surface area (Å²) in [5.41, 5.74) is 0. The molecule has 3 N–H and O–H groups in total. The summed E-state index contributed by atoms with van der Waals surface area (Å²) in [7, 11) is 1.62. The van der Waals surface area contributed by atoms with Gasteiger partial charge in [-0.3, -0.25) is 13.8 Å². The maximum absolute atomic E-state index is 13.0. The molecule has 0 saturated heterocycles. The zero-order valence-corrected chi connectivity index (χ0v) is 49.3. The number of carbonyl (C=O) groups is 1. The van der Waals surface area contributed by atoms with Gasteiger partial charge in [-0.25, -0.2) is 4.57 Å². The van der Waals surface area contributed by atoms with Gasteiger partial charge in [-0.15, -0.1) is 0 Å². The first kappa shape index (κ1) is 70.7. The quantitative estimate of drug-likeness (QED) is 0.0243. The summed E-state index contributed by atoms with van der Waals surface area (Å²) in [6.07, 6.45) is 76.6. The van der Waals surface area contributed by atoms with E-state index < -0.39 is 20.0 Å². The molecule has 8 nitrogen and oxygen atoms in total. The van der Waals surface area contributed by atoms with Crippen LogP contribution in [-0.4, -0.2) is 73.4 Å². The van der Waals surface area contributed by atoms with Crippen LogP contribution in [0.25, 0.3) is 0 Å². The Bertz CT molecular complexity index is 1460.